The number of nitrogens with zero attached hydrogens (tertiary/aromatic N) is 3. The van der Waals surface area contributed by atoms with Crippen molar-refractivity contribution < 1.29 is 9.63 Å². The van der Waals surface area contributed by atoms with Gasteiger partial charge in [0.2, 0.25) is 0 Å². The summed E-state index contributed by atoms with van der Waals surface area (Å²) < 4.78 is 5.20. The van der Waals surface area contributed by atoms with Gasteiger partial charge in [-0.15, -0.1) is 0 Å². The van der Waals surface area contributed by atoms with Crippen molar-refractivity contribution in [3.05, 3.63) is 22.7 Å². The maximum absolute atomic E-state index is 9.43. The van der Waals surface area contributed by atoms with E-state index in [9.17, 15) is 5.11 Å². The van der Waals surface area contributed by atoms with Crippen LogP contribution in [-0.2, 0) is 6.54 Å². The largest absolute Gasteiger partial charge is 0.392 e. The average Bonchev–Trinajstić information content (AvgIpc) is 3.00. The molecule has 0 aromatic carbocycles. The molecule has 0 radical (unpaired) electrons. The lowest BCUT2D eigenvalue weighted by Gasteiger charge is -2.10. The van der Waals surface area contributed by atoms with Gasteiger partial charge in [0.15, 0.2) is 5.82 Å². The highest BCUT2D eigenvalue weighted by molar-refractivity contribution is 7.08. The molecule has 3 rings (SSSR count). The molecule has 0 bridgehead atoms. The normalized spacial score (nSPS) is 21.1. The Hall–Kier alpha value is -1.24. The van der Waals surface area contributed by atoms with Crippen LogP contribution in [0.25, 0.3) is 11.5 Å². The molecular formula is C11H13N3O2S. The zero-order chi connectivity index (χ0) is 11.7. The minimum atomic E-state index is -0.210. The van der Waals surface area contributed by atoms with Crippen molar-refractivity contribution in [2.24, 2.45) is 0 Å². The Morgan fingerprint density at radius 2 is 2.53 bits per heavy atom. The van der Waals surface area contributed by atoms with Gasteiger partial charge in [-0.1, -0.05) is 5.16 Å². The predicted octanol–water partition coefficient (Wildman–Crippen LogP) is 1.36. The summed E-state index contributed by atoms with van der Waals surface area (Å²) in [5, 5.41) is 17.3. The number of β-amino-alcohol motifs (C(OH)–C–C–N with tert-alkyl or cyclic N) is 1. The molecule has 0 amide bonds. The molecule has 0 aliphatic carbocycles. The van der Waals surface area contributed by atoms with Crippen LogP contribution in [-0.4, -0.2) is 39.3 Å². The Morgan fingerprint density at radius 3 is 3.24 bits per heavy atom. The van der Waals surface area contributed by atoms with E-state index >= 15 is 0 Å². The summed E-state index contributed by atoms with van der Waals surface area (Å²) in [6.45, 7) is 2.23. The summed E-state index contributed by atoms with van der Waals surface area (Å²) in [6, 6.07) is 1.96. The van der Waals surface area contributed by atoms with Crippen molar-refractivity contribution in [2.75, 3.05) is 13.1 Å². The molecule has 1 aliphatic heterocycles. The summed E-state index contributed by atoms with van der Waals surface area (Å²) in [5.41, 5.74) is 0.968. The van der Waals surface area contributed by atoms with E-state index in [0.29, 0.717) is 24.8 Å². The van der Waals surface area contributed by atoms with E-state index in [1.807, 2.05) is 16.8 Å². The van der Waals surface area contributed by atoms with E-state index in [-0.39, 0.29) is 6.10 Å². The van der Waals surface area contributed by atoms with Crippen LogP contribution in [0.5, 0.6) is 0 Å². The fourth-order valence-corrected chi connectivity index (χ4v) is 2.61. The first kappa shape index (κ1) is 10.9. The zero-order valence-electron chi connectivity index (χ0n) is 9.24. The first-order chi connectivity index (χ1) is 8.31. The van der Waals surface area contributed by atoms with Crippen LogP contribution in [0, 0.1) is 0 Å². The Labute approximate surface area is 103 Å². The van der Waals surface area contributed by atoms with Crippen LogP contribution in [0.1, 0.15) is 12.2 Å². The molecule has 1 unspecified atom stereocenters. The van der Waals surface area contributed by atoms with Gasteiger partial charge in [0.1, 0.15) is 0 Å². The second kappa shape index (κ2) is 4.56. The van der Waals surface area contributed by atoms with Crippen molar-refractivity contribution in [3.63, 3.8) is 0 Å². The molecule has 1 N–H and O–H groups in total. The number of aliphatic hydroxyl groups excluding tert-OH is 1. The van der Waals surface area contributed by atoms with Gasteiger partial charge < -0.3 is 9.63 Å². The second-order valence-electron chi connectivity index (χ2n) is 4.21. The third-order valence-corrected chi connectivity index (χ3v) is 3.53. The fourth-order valence-electron chi connectivity index (χ4n) is 1.98. The Balaban J connectivity index is 1.69. The van der Waals surface area contributed by atoms with Crippen LogP contribution in [0.4, 0.5) is 0 Å². The summed E-state index contributed by atoms with van der Waals surface area (Å²) in [7, 11) is 0. The van der Waals surface area contributed by atoms with Crippen molar-refractivity contribution in [3.8, 4) is 11.5 Å². The van der Waals surface area contributed by atoms with Crippen molar-refractivity contribution >= 4 is 11.3 Å². The minimum Gasteiger partial charge on any atom is -0.392 e. The quantitative estimate of drug-likeness (QED) is 0.892. The van der Waals surface area contributed by atoms with E-state index in [2.05, 4.69) is 15.0 Å². The van der Waals surface area contributed by atoms with Crippen LogP contribution in [0.15, 0.2) is 21.3 Å². The van der Waals surface area contributed by atoms with Gasteiger partial charge in [-0.3, -0.25) is 4.90 Å². The molecule has 1 atom stereocenters. The van der Waals surface area contributed by atoms with E-state index in [0.717, 1.165) is 18.5 Å². The Morgan fingerprint density at radius 1 is 1.59 bits per heavy atom. The van der Waals surface area contributed by atoms with Gasteiger partial charge in [-0.25, -0.2) is 0 Å². The first-order valence-corrected chi connectivity index (χ1v) is 6.51. The number of thiophene rings is 1. The maximum Gasteiger partial charge on any atom is 0.258 e. The van der Waals surface area contributed by atoms with Gasteiger partial charge in [0.25, 0.3) is 5.89 Å². The molecular weight excluding hydrogens is 238 g/mol. The monoisotopic (exact) mass is 251 g/mol. The molecule has 3 heterocycles. The number of aliphatic hydroxyl groups is 1. The van der Waals surface area contributed by atoms with Crippen molar-refractivity contribution in [1.82, 2.24) is 15.0 Å². The molecule has 1 saturated heterocycles. The van der Waals surface area contributed by atoms with Gasteiger partial charge in [0.05, 0.1) is 18.2 Å². The highest BCUT2D eigenvalue weighted by Gasteiger charge is 2.21. The molecule has 90 valence electrons. The molecule has 2 aromatic heterocycles. The standard InChI is InChI=1S/C11H13N3O2S/c15-9-1-3-14(5-9)6-10-12-11(16-13-10)8-2-4-17-7-8/h2,4,7,9,15H,1,3,5-6H2. The molecule has 6 heteroatoms. The van der Waals surface area contributed by atoms with Gasteiger partial charge in [0, 0.05) is 18.5 Å². The summed E-state index contributed by atoms with van der Waals surface area (Å²) in [4.78, 5) is 6.48. The molecule has 0 saturated carbocycles. The summed E-state index contributed by atoms with van der Waals surface area (Å²) in [6.07, 6.45) is 0.619. The predicted molar refractivity (Wildman–Crippen MR) is 63.5 cm³/mol. The molecule has 17 heavy (non-hydrogen) atoms. The van der Waals surface area contributed by atoms with Crippen LogP contribution >= 0.6 is 11.3 Å². The summed E-state index contributed by atoms with van der Waals surface area (Å²) in [5.74, 6) is 1.25. The average molecular weight is 251 g/mol. The topological polar surface area (TPSA) is 62.4 Å². The van der Waals surface area contributed by atoms with Crippen LogP contribution in [0.3, 0.4) is 0 Å². The summed E-state index contributed by atoms with van der Waals surface area (Å²) >= 11 is 1.61. The van der Waals surface area contributed by atoms with Gasteiger partial charge in [-0.2, -0.15) is 16.3 Å². The molecule has 1 fully saturated rings. The van der Waals surface area contributed by atoms with Crippen molar-refractivity contribution in [1.29, 1.82) is 0 Å². The first-order valence-electron chi connectivity index (χ1n) is 5.57. The van der Waals surface area contributed by atoms with E-state index < -0.39 is 0 Å². The highest BCUT2D eigenvalue weighted by atomic mass is 32.1. The highest BCUT2D eigenvalue weighted by Crippen LogP contribution is 2.20. The lowest BCUT2D eigenvalue weighted by Crippen LogP contribution is -2.22. The van der Waals surface area contributed by atoms with Gasteiger partial charge in [-0.05, 0) is 17.9 Å². The number of rotatable bonds is 3. The lowest BCUT2D eigenvalue weighted by molar-refractivity contribution is 0.173. The smallest absolute Gasteiger partial charge is 0.258 e. The van der Waals surface area contributed by atoms with E-state index in [4.69, 9.17) is 4.52 Å². The van der Waals surface area contributed by atoms with Gasteiger partial charge >= 0.3 is 0 Å². The second-order valence-corrected chi connectivity index (χ2v) is 4.99. The Bertz CT molecular complexity index is 483. The maximum atomic E-state index is 9.43. The van der Waals surface area contributed by atoms with E-state index in [1.54, 1.807) is 11.3 Å². The fraction of sp³-hybridized carbons (Fsp3) is 0.455. The number of aromatic nitrogens is 2. The minimum absolute atomic E-state index is 0.210. The molecule has 0 spiro atoms. The number of hydrogen-bond donors (Lipinski definition) is 1. The third kappa shape index (κ3) is 2.38. The number of hydrogen-bond acceptors (Lipinski definition) is 6. The van der Waals surface area contributed by atoms with E-state index in [1.165, 1.54) is 0 Å². The molecule has 2 aromatic rings. The van der Waals surface area contributed by atoms with Crippen LogP contribution in [0.2, 0.25) is 0 Å². The van der Waals surface area contributed by atoms with Crippen LogP contribution < -0.4 is 0 Å². The molecule has 1 aliphatic rings. The Kier molecular flexibility index (Phi) is 2.92. The SMILES string of the molecule is OC1CCN(Cc2noc(-c3ccsc3)n2)C1. The molecule has 5 nitrogen and oxygen atoms in total. The third-order valence-electron chi connectivity index (χ3n) is 2.85. The zero-order valence-corrected chi connectivity index (χ0v) is 10.1. The lowest BCUT2D eigenvalue weighted by atomic mass is 10.3. The van der Waals surface area contributed by atoms with Crippen molar-refractivity contribution in [2.45, 2.75) is 19.1 Å². The number of likely N-dealkylation sites (tertiary alicyclic amines) is 1.